The molecule has 180 valence electrons. The van der Waals surface area contributed by atoms with Gasteiger partial charge in [-0.1, -0.05) is 74.2 Å². The topological polar surface area (TPSA) is 40.0 Å². The van der Waals surface area contributed by atoms with Crippen LogP contribution in [0.15, 0.2) is 53.7 Å². The fourth-order valence-corrected chi connectivity index (χ4v) is 3.91. The van der Waals surface area contributed by atoms with Crippen LogP contribution in [-0.4, -0.2) is 26.5 Å². The molecule has 0 fully saturated rings. The Hall–Kier alpha value is -2.75. The first kappa shape index (κ1) is 26.5. The Morgan fingerprint density at radius 3 is 2.24 bits per heavy atom. The van der Waals surface area contributed by atoms with Crippen LogP contribution in [0.1, 0.15) is 80.5 Å². The first-order valence-corrected chi connectivity index (χ1v) is 12.2. The van der Waals surface area contributed by atoms with Crippen molar-refractivity contribution < 1.29 is 14.3 Å². The summed E-state index contributed by atoms with van der Waals surface area (Å²) in [5, 5.41) is 3.81. The second kappa shape index (κ2) is 15.2. The Morgan fingerprint density at radius 2 is 1.58 bits per heavy atom. The normalized spacial score (nSPS) is 12.4. The van der Waals surface area contributed by atoms with E-state index in [2.05, 4.69) is 62.3 Å². The molecule has 0 aromatic heterocycles. The summed E-state index contributed by atoms with van der Waals surface area (Å²) in [5.74, 6) is 2.49. The molecule has 4 heteroatoms. The Kier molecular flexibility index (Phi) is 12.2. The van der Waals surface area contributed by atoms with Gasteiger partial charge in [-0.3, -0.25) is 0 Å². The maximum absolute atomic E-state index is 6.10. The molecule has 2 aromatic carbocycles. The molecule has 0 amide bonds. The quantitative estimate of drug-likeness (QED) is 0.120. The van der Waals surface area contributed by atoms with E-state index in [1.807, 2.05) is 19.1 Å². The van der Waals surface area contributed by atoms with Gasteiger partial charge < -0.3 is 14.3 Å². The zero-order chi connectivity index (χ0) is 23.9. The molecule has 0 aliphatic heterocycles. The number of hydrogen-bond donors (Lipinski definition) is 0. The van der Waals surface area contributed by atoms with Crippen molar-refractivity contribution in [2.24, 2.45) is 5.16 Å². The molecule has 0 radical (unpaired) electrons. The van der Waals surface area contributed by atoms with Gasteiger partial charge in [-0.2, -0.15) is 0 Å². The summed E-state index contributed by atoms with van der Waals surface area (Å²) in [5.41, 5.74) is 4.73. The van der Waals surface area contributed by atoms with Crippen LogP contribution in [-0.2, 0) is 4.84 Å². The number of hydrogen-bond acceptors (Lipinski definition) is 4. The lowest BCUT2D eigenvalue weighted by Crippen LogP contribution is -2.02. The van der Waals surface area contributed by atoms with Crippen molar-refractivity contribution in [1.29, 1.82) is 0 Å². The Morgan fingerprint density at radius 1 is 0.909 bits per heavy atom. The fourth-order valence-electron chi connectivity index (χ4n) is 3.91. The largest absolute Gasteiger partial charge is 0.493 e. The van der Waals surface area contributed by atoms with E-state index in [-0.39, 0.29) is 0 Å². The summed E-state index contributed by atoms with van der Waals surface area (Å²) < 4.78 is 11.9. The monoisotopic (exact) mass is 451 g/mol. The van der Waals surface area contributed by atoms with Crippen molar-refractivity contribution in [2.75, 3.05) is 20.3 Å². The van der Waals surface area contributed by atoms with Gasteiger partial charge in [0, 0.05) is 0 Å². The highest BCUT2D eigenvalue weighted by Crippen LogP contribution is 2.29. The van der Waals surface area contributed by atoms with Gasteiger partial charge in [-0.15, -0.1) is 0 Å². The van der Waals surface area contributed by atoms with Crippen molar-refractivity contribution in [2.45, 2.75) is 72.1 Å². The maximum atomic E-state index is 6.10. The minimum absolute atomic E-state index is 0.581. The summed E-state index contributed by atoms with van der Waals surface area (Å²) in [6.07, 6.45) is 13.1. The van der Waals surface area contributed by atoms with Crippen molar-refractivity contribution in [3.63, 3.8) is 0 Å². The third-order valence-electron chi connectivity index (χ3n) is 5.86. The highest BCUT2D eigenvalue weighted by Gasteiger charge is 2.08. The summed E-state index contributed by atoms with van der Waals surface area (Å²) in [7, 11) is 1.56. The second-order valence-electron chi connectivity index (χ2n) is 8.66. The van der Waals surface area contributed by atoms with Crippen LogP contribution in [0.4, 0.5) is 0 Å². The highest BCUT2D eigenvalue weighted by molar-refractivity contribution is 5.79. The van der Waals surface area contributed by atoms with E-state index >= 15 is 0 Å². The van der Waals surface area contributed by atoms with Gasteiger partial charge in [-0.25, -0.2) is 0 Å². The van der Waals surface area contributed by atoms with Gasteiger partial charge >= 0.3 is 0 Å². The number of ether oxygens (including phenoxy) is 2. The van der Waals surface area contributed by atoms with E-state index in [0.717, 1.165) is 41.2 Å². The Labute approximate surface area is 200 Å². The third-order valence-corrected chi connectivity index (χ3v) is 5.86. The molecule has 1 atom stereocenters. The molecular weight excluding hydrogens is 410 g/mol. The molecule has 2 rings (SSSR count). The van der Waals surface area contributed by atoms with Crippen molar-refractivity contribution >= 4 is 6.21 Å². The van der Waals surface area contributed by atoms with Crippen LogP contribution in [0.2, 0.25) is 0 Å². The van der Waals surface area contributed by atoms with Gasteiger partial charge in [-0.05, 0) is 73.9 Å². The predicted molar refractivity (Wildman–Crippen MR) is 139 cm³/mol. The first-order valence-electron chi connectivity index (χ1n) is 12.2. The average molecular weight is 452 g/mol. The van der Waals surface area contributed by atoms with Crippen LogP contribution >= 0.6 is 0 Å². The minimum atomic E-state index is 0.581. The fraction of sp³-hybridized carbons (Fsp3) is 0.483. The smallest absolute Gasteiger partial charge is 0.125 e. The van der Waals surface area contributed by atoms with Gasteiger partial charge in [0.1, 0.15) is 25.2 Å². The molecule has 1 unspecified atom stereocenters. The molecule has 0 spiro atoms. The number of rotatable bonds is 15. The van der Waals surface area contributed by atoms with Crippen LogP contribution < -0.4 is 9.47 Å². The molecule has 33 heavy (non-hydrogen) atoms. The number of allylic oxidation sites excluding steroid dienone is 1. The number of unbranched alkanes of at least 4 members (excludes halogenated alkanes) is 4. The number of oxime groups is 1. The van der Waals surface area contributed by atoms with E-state index in [1.165, 1.54) is 37.7 Å². The predicted octanol–water partition coefficient (Wildman–Crippen LogP) is 7.76. The zero-order valence-electron chi connectivity index (χ0n) is 21.1. The Bertz CT molecular complexity index is 848. The van der Waals surface area contributed by atoms with E-state index in [9.17, 15) is 0 Å². The molecule has 2 aromatic rings. The number of nitrogens with zero attached hydrogens (tertiary/aromatic N) is 1. The molecular formula is C29H41NO3. The summed E-state index contributed by atoms with van der Waals surface area (Å²) in [6.45, 7) is 9.87. The second-order valence-corrected chi connectivity index (χ2v) is 8.66. The van der Waals surface area contributed by atoms with E-state index < -0.39 is 0 Å². The van der Waals surface area contributed by atoms with Crippen molar-refractivity contribution in [1.82, 2.24) is 0 Å². The lowest BCUT2D eigenvalue weighted by molar-refractivity contribution is 0.215. The molecule has 0 N–H and O–H groups in total. The van der Waals surface area contributed by atoms with Gasteiger partial charge in [0.2, 0.25) is 0 Å². The summed E-state index contributed by atoms with van der Waals surface area (Å²) in [6, 6.07) is 12.7. The van der Waals surface area contributed by atoms with E-state index in [0.29, 0.717) is 12.5 Å². The summed E-state index contributed by atoms with van der Waals surface area (Å²) >= 11 is 0. The lowest BCUT2D eigenvalue weighted by atomic mass is 9.94. The van der Waals surface area contributed by atoms with Gasteiger partial charge in [0.05, 0.1) is 12.8 Å². The minimum Gasteiger partial charge on any atom is -0.493 e. The molecule has 0 aliphatic rings. The zero-order valence-corrected chi connectivity index (χ0v) is 21.1. The number of benzene rings is 2. The average Bonchev–Trinajstić information content (AvgIpc) is 2.81. The first-order chi connectivity index (χ1) is 16.0. The lowest BCUT2D eigenvalue weighted by Gasteiger charge is -2.14. The molecule has 0 bridgehead atoms. The molecule has 0 heterocycles. The Balaban J connectivity index is 1.61. The van der Waals surface area contributed by atoms with Crippen molar-refractivity contribution in [3.8, 4) is 11.5 Å². The van der Waals surface area contributed by atoms with Crippen LogP contribution in [0.25, 0.3) is 0 Å². The van der Waals surface area contributed by atoms with Gasteiger partial charge in [0.15, 0.2) is 0 Å². The summed E-state index contributed by atoms with van der Waals surface area (Å²) in [4.78, 5) is 4.73. The third kappa shape index (κ3) is 9.73. The highest BCUT2D eigenvalue weighted by atomic mass is 16.6. The van der Waals surface area contributed by atoms with E-state index in [4.69, 9.17) is 14.3 Å². The molecule has 0 saturated heterocycles. The van der Waals surface area contributed by atoms with E-state index in [1.54, 1.807) is 13.3 Å². The SMILES string of the molecule is C/C=C/COc1cc(C)c(OCCCCCCCC(C)c2ccc(C=NOC)cc2)c(C)c1. The van der Waals surface area contributed by atoms with Crippen LogP contribution in [0, 0.1) is 13.8 Å². The molecule has 0 saturated carbocycles. The molecule has 4 nitrogen and oxygen atoms in total. The van der Waals surface area contributed by atoms with Crippen LogP contribution in [0.5, 0.6) is 11.5 Å². The molecule has 0 aliphatic carbocycles. The van der Waals surface area contributed by atoms with Crippen LogP contribution in [0.3, 0.4) is 0 Å². The standard InChI is InChI=1S/C29H41NO3/c1-6-7-18-32-28-20-24(3)29(25(4)21-28)33-19-12-10-8-9-11-13-23(2)27-16-14-26(15-17-27)22-30-31-5/h6-7,14-17,20-23H,8-13,18-19H2,1-5H3/b7-6+,30-22?. The number of aryl methyl sites for hydroxylation is 2. The van der Waals surface area contributed by atoms with Crippen molar-refractivity contribution in [3.05, 3.63) is 70.8 Å². The maximum Gasteiger partial charge on any atom is 0.125 e. The van der Waals surface area contributed by atoms with Gasteiger partial charge in [0.25, 0.3) is 0 Å².